The first-order valence-electron chi connectivity index (χ1n) is 17.3. The molecule has 1 aliphatic heterocycles. The van der Waals surface area contributed by atoms with E-state index in [0.717, 1.165) is 23.7 Å². The van der Waals surface area contributed by atoms with E-state index < -0.39 is 16.5 Å². The molecule has 4 aromatic rings. The van der Waals surface area contributed by atoms with Crippen LogP contribution in [0.25, 0.3) is 22.2 Å². The third-order valence-corrected chi connectivity index (χ3v) is 9.66. The van der Waals surface area contributed by atoms with Gasteiger partial charge in [-0.15, -0.1) is 0 Å². The second kappa shape index (κ2) is 13.5. The Bertz CT molecular complexity index is 1980. The van der Waals surface area contributed by atoms with Crippen LogP contribution in [0.4, 0.5) is 23.0 Å². The number of aromatic nitrogens is 3. The van der Waals surface area contributed by atoms with Crippen LogP contribution in [0, 0.1) is 27.4 Å². The number of carbonyl (C=O) groups is 2. The molecule has 13 heteroatoms. The van der Waals surface area contributed by atoms with Crippen molar-refractivity contribution in [1.82, 2.24) is 14.5 Å². The Morgan fingerprint density at radius 2 is 1.82 bits per heavy atom. The lowest BCUT2D eigenvalue weighted by molar-refractivity contribution is -0.384. The van der Waals surface area contributed by atoms with Gasteiger partial charge in [-0.3, -0.25) is 14.9 Å². The molecule has 2 aromatic heterocycles. The van der Waals surface area contributed by atoms with Crippen molar-refractivity contribution in [2.75, 3.05) is 30.4 Å². The first-order chi connectivity index (χ1) is 24.0. The van der Waals surface area contributed by atoms with E-state index >= 15 is 0 Å². The van der Waals surface area contributed by atoms with Gasteiger partial charge in [-0.25, -0.2) is 14.8 Å². The highest BCUT2D eigenvalue weighted by molar-refractivity contribution is 6.03. The maximum Gasteiger partial charge on any atom is 0.342 e. The molecule has 1 aliphatic carbocycles. The molecule has 2 fully saturated rings. The summed E-state index contributed by atoms with van der Waals surface area (Å²) in [4.78, 5) is 49.2. The maximum atomic E-state index is 13.2. The predicted molar refractivity (Wildman–Crippen MR) is 194 cm³/mol. The molecule has 13 nitrogen and oxygen atoms in total. The molecular weight excluding hydrogens is 652 g/mol. The fourth-order valence-corrected chi connectivity index (χ4v) is 7.77. The van der Waals surface area contributed by atoms with E-state index in [2.05, 4.69) is 22.1 Å². The number of benzene rings is 2. The number of methoxy groups -OCH3 is 1. The van der Waals surface area contributed by atoms with Gasteiger partial charge in [0.25, 0.3) is 5.69 Å². The van der Waals surface area contributed by atoms with Gasteiger partial charge in [0.15, 0.2) is 0 Å². The van der Waals surface area contributed by atoms with Crippen LogP contribution >= 0.6 is 0 Å². The van der Waals surface area contributed by atoms with Crippen molar-refractivity contribution in [3.63, 3.8) is 0 Å². The largest absolute Gasteiger partial charge is 0.494 e. The van der Waals surface area contributed by atoms with E-state index in [0.29, 0.717) is 59.7 Å². The van der Waals surface area contributed by atoms with Crippen LogP contribution in [0.3, 0.4) is 0 Å². The molecule has 0 radical (unpaired) electrons. The second-order valence-electron chi connectivity index (χ2n) is 15.4. The Labute approximate surface area is 297 Å². The number of hydrogen-bond donors (Lipinski definition) is 1. The summed E-state index contributed by atoms with van der Waals surface area (Å²) in [5.41, 5.74) is 2.21. The Morgan fingerprint density at radius 1 is 1.14 bits per heavy atom. The lowest BCUT2D eigenvalue weighted by Gasteiger charge is -2.29. The summed E-state index contributed by atoms with van der Waals surface area (Å²) in [6.07, 6.45) is 5.00. The number of nitro benzene ring substituents is 1. The van der Waals surface area contributed by atoms with Crippen LogP contribution in [-0.2, 0) is 21.3 Å². The summed E-state index contributed by atoms with van der Waals surface area (Å²) < 4.78 is 18.8. The lowest BCUT2D eigenvalue weighted by atomic mass is 9.83. The first-order valence-corrected chi connectivity index (χ1v) is 17.3. The maximum absolute atomic E-state index is 13.2. The van der Waals surface area contributed by atoms with Gasteiger partial charge in [-0.2, -0.15) is 0 Å². The molecular formula is C38H46N6O7. The first kappa shape index (κ1) is 35.6. The normalized spacial score (nSPS) is 20.1. The van der Waals surface area contributed by atoms with Gasteiger partial charge in [-0.1, -0.05) is 25.1 Å². The van der Waals surface area contributed by atoms with E-state index in [1.807, 2.05) is 62.8 Å². The molecule has 0 bridgehead atoms. The number of anilines is 3. The van der Waals surface area contributed by atoms with Crippen LogP contribution in [0.15, 0.2) is 48.8 Å². The number of nitro groups is 1. The van der Waals surface area contributed by atoms with Crippen molar-refractivity contribution in [1.29, 1.82) is 0 Å². The highest BCUT2D eigenvalue weighted by Crippen LogP contribution is 2.53. The van der Waals surface area contributed by atoms with Crippen molar-refractivity contribution < 1.29 is 28.7 Å². The summed E-state index contributed by atoms with van der Waals surface area (Å²) >= 11 is 0. The van der Waals surface area contributed by atoms with E-state index in [9.17, 15) is 19.7 Å². The molecule has 2 aromatic carbocycles. The fourth-order valence-electron chi connectivity index (χ4n) is 7.77. The Balaban J connectivity index is 1.29. The number of aryl methyl sites for hydroxylation is 1. The molecule has 1 N–H and O–H groups in total. The molecule has 51 heavy (non-hydrogen) atoms. The van der Waals surface area contributed by atoms with Crippen molar-refractivity contribution in [2.24, 2.45) is 24.3 Å². The third kappa shape index (κ3) is 7.47. The highest BCUT2D eigenvalue weighted by atomic mass is 16.6. The molecule has 0 amide bonds. The number of rotatable bonds is 10. The highest BCUT2D eigenvalue weighted by Gasteiger charge is 2.48. The van der Waals surface area contributed by atoms with E-state index in [4.69, 9.17) is 19.2 Å². The van der Waals surface area contributed by atoms with Gasteiger partial charge in [0.1, 0.15) is 22.6 Å². The van der Waals surface area contributed by atoms with Gasteiger partial charge in [0.2, 0.25) is 5.95 Å². The average Bonchev–Trinajstić information content (AvgIpc) is 3.68. The zero-order valence-electron chi connectivity index (χ0n) is 30.5. The summed E-state index contributed by atoms with van der Waals surface area (Å²) in [6, 6.07) is 10.9. The Hall–Kier alpha value is -5.20. The van der Waals surface area contributed by atoms with Crippen molar-refractivity contribution in [3.05, 3.63) is 64.5 Å². The molecule has 0 spiro atoms. The molecule has 3 heterocycles. The summed E-state index contributed by atoms with van der Waals surface area (Å²) in [6.45, 7) is 12.6. The van der Waals surface area contributed by atoms with Crippen molar-refractivity contribution >= 4 is 45.9 Å². The Morgan fingerprint density at radius 3 is 2.45 bits per heavy atom. The molecule has 2 unspecified atom stereocenters. The minimum Gasteiger partial charge on any atom is -0.494 e. The predicted octanol–water partition coefficient (Wildman–Crippen LogP) is 7.45. The zero-order chi connectivity index (χ0) is 36.8. The fraction of sp³-hybridized carbons (Fsp3) is 0.474. The summed E-state index contributed by atoms with van der Waals surface area (Å²) in [5.74, 6) is 0.340. The summed E-state index contributed by atoms with van der Waals surface area (Å²) in [5, 5.41) is 16.5. The van der Waals surface area contributed by atoms with Gasteiger partial charge in [0, 0.05) is 61.1 Å². The van der Waals surface area contributed by atoms with Crippen LogP contribution in [0.2, 0.25) is 0 Å². The number of hydrogen-bond acceptors (Lipinski definition) is 11. The number of nitrogens with zero attached hydrogens (tertiary/aromatic N) is 5. The van der Waals surface area contributed by atoms with Crippen LogP contribution in [-0.4, -0.2) is 63.3 Å². The average molecular weight is 699 g/mol. The third-order valence-electron chi connectivity index (χ3n) is 9.66. The van der Waals surface area contributed by atoms with Crippen molar-refractivity contribution in [2.45, 2.75) is 72.5 Å². The minimum atomic E-state index is -0.558. The standard InChI is InChI=1S/C38H46N6O7/c1-22(2)50-35(46)26-18-39-36(41-34(26)27-21-42(7)29-12-10-9-11-25(27)29)40-28-13-31(44(47)48)30(14-32(28)49-8)43-19-23-15-38(6,16-24(23)20-43)17-33(45)51-37(3,4)5/h9-14,18,21-24H,15-17,19-20H2,1-8H3,(H,39,40,41). The summed E-state index contributed by atoms with van der Waals surface area (Å²) in [7, 11) is 3.42. The molecule has 2 atom stereocenters. The molecule has 1 saturated carbocycles. The number of carbonyl (C=O) groups excluding carboxylic acids is 2. The van der Waals surface area contributed by atoms with Gasteiger partial charge < -0.3 is 29.0 Å². The van der Waals surface area contributed by atoms with Crippen molar-refractivity contribution in [3.8, 4) is 17.0 Å². The zero-order valence-corrected chi connectivity index (χ0v) is 30.5. The van der Waals surface area contributed by atoms with E-state index in [-0.39, 0.29) is 34.7 Å². The van der Waals surface area contributed by atoms with Gasteiger partial charge >= 0.3 is 11.9 Å². The molecule has 2 aliphatic rings. The number of para-hydroxylation sites is 1. The smallest absolute Gasteiger partial charge is 0.342 e. The number of esters is 2. The topological polar surface area (TPSA) is 151 Å². The molecule has 6 rings (SSSR count). The van der Waals surface area contributed by atoms with Crippen LogP contribution < -0.4 is 15.0 Å². The molecule has 1 saturated heterocycles. The minimum absolute atomic E-state index is 0.0822. The quantitative estimate of drug-likeness (QED) is 0.0999. The number of nitrogens with one attached hydrogen (secondary N) is 1. The molecule has 270 valence electrons. The van der Waals surface area contributed by atoms with Crippen LogP contribution in [0.5, 0.6) is 5.75 Å². The van der Waals surface area contributed by atoms with Crippen LogP contribution in [0.1, 0.15) is 71.2 Å². The monoisotopic (exact) mass is 698 g/mol. The van der Waals surface area contributed by atoms with E-state index in [1.54, 1.807) is 19.9 Å². The number of ether oxygens (including phenoxy) is 3. The SMILES string of the molecule is COc1cc(N2CC3CC(C)(CC(=O)OC(C)(C)C)CC3C2)c([N+](=O)[O-])cc1Nc1ncc(C(=O)OC(C)C)c(-c2cn(C)c3ccccc23)n1. The van der Waals surface area contributed by atoms with Gasteiger partial charge in [-0.05, 0) is 70.8 Å². The lowest BCUT2D eigenvalue weighted by Crippen LogP contribution is -2.29. The van der Waals surface area contributed by atoms with Gasteiger partial charge in [0.05, 0.1) is 35.9 Å². The number of fused-ring (bicyclic) bond motifs is 2. The Kier molecular flexibility index (Phi) is 9.43. The van der Waals surface area contributed by atoms with E-state index in [1.165, 1.54) is 19.4 Å². The second-order valence-corrected chi connectivity index (χ2v) is 15.4.